The lowest BCUT2D eigenvalue weighted by atomic mass is 10.2. The number of nitrogens with two attached hydrogens (primary N) is 3. The molecule has 9 heteroatoms. The van der Waals surface area contributed by atoms with E-state index in [1.807, 2.05) is 0 Å². The van der Waals surface area contributed by atoms with Crippen LogP contribution in [0.5, 0.6) is 0 Å². The van der Waals surface area contributed by atoms with E-state index in [0.717, 1.165) is 19.4 Å². The first-order chi connectivity index (χ1) is 9.88. The SMILES string of the molecule is COC(=O)C(N)CCCN=C(N)N.O=C(O)[C@@H]1CCCN1. The van der Waals surface area contributed by atoms with Crippen LogP contribution in [0.15, 0.2) is 4.99 Å². The highest BCUT2D eigenvalue weighted by Gasteiger charge is 2.20. The molecule has 0 saturated carbocycles. The molecule has 122 valence electrons. The van der Waals surface area contributed by atoms with Gasteiger partial charge in [0.1, 0.15) is 12.1 Å². The number of methoxy groups -OCH3 is 1. The molecule has 0 spiro atoms. The van der Waals surface area contributed by atoms with Gasteiger partial charge in [0.25, 0.3) is 0 Å². The molecule has 0 aromatic heterocycles. The maximum absolute atomic E-state index is 10.8. The first kappa shape index (κ1) is 19.1. The Hall–Kier alpha value is -1.87. The molecular weight excluding hydrogens is 278 g/mol. The van der Waals surface area contributed by atoms with E-state index < -0.39 is 18.0 Å². The monoisotopic (exact) mass is 303 g/mol. The average Bonchev–Trinajstić information content (AvgIpc) is 2.97. The molecule has 0 aromatic rings. The zero-order valence-corrected chi connectivity index (χ0v) is 12.2. The third-order valence-corrected chi connectivity index (χ3v) is 2.83. The van der Waals surface area contributed by atoms with Gasteiger partial charge in [0.2, 0.25) is 0 Å². The molecule has 1 aliphatic heterocycles. The smallest absolute Gasteiger partial charge is 0.322 e. The summed E-state index contributed by atoms with van der Waals surface area (Å²) in [5.74, 6) is -1.08. The normalized spacial score (nSPS) is 18.1. The molecule has 1 saturated heterocycles. The van der Waals surface area contributed by atoms with E-state index in [1.165, 1.54) is 7.11 Å². The highest BCUT2D eigenvalue weighted by molar-refractivity contribution is 5.76. The largest absolute Gasteiger partial charge is 0.480 e. The molecule has 9 nitrogen and oxygen atoms in total. The molecule has 1 rings (SSSR count). The van der Waals surface area contributed by atoms with Crippen molar-refractivity contribution in [2.45, 2.75) is 37.8 Å². The number of hydrogen-bond acceptors (Lipinski definition) is 6. The van der Waals surface area contributed by atoms with Crippen molar-refractivity contribution in [3.63, 3.8) is 0 Å². The predicted molar refractivity (Wildman–Crippen MR) is 78.6 cm³/mol. The minimum absolute atomic E-state index is 0.0478. The second kappa shape index (κ2) is 10.9. The number of ether oxygens (including phenoxy) is 1. The Kier molecular flexibility index (Phi) is 9.90. The van der Waals surface area contributed by atoms with Crippen LogP contribution in [-0.2, 0) is 14.3 Å². The average molecular weight is 303 g/mol. The molecule has 0 aliphatic carbocycles. The minimum atomic E-state index is -0.720. The summed E-state index contributed by atoms with van der Waals surface area (Å²) in [6.45, 7) is 1.34. The molecule has 21 heavy (non-hydrogen) atoms. The van der Waals surface area contributed by atoms with Crippen molar-refractivity contribution >= 4 is 17.9 Å². The van der Waals surface area contributed by atoms with Crippen LogP contribution < -0.4 is 22.5 Å². The molecule has 1 fully saturated rings. The van der Waals surface area contributed by atoms with Crippen molar-refractivity contribution in [1.29, 1.82) is 0 Å². The van der Waals surface area contributed by atoms with Crippen LogP contribution in [0.3, 0.4) is 0 Å². The van der Waals surface area contributed by atoms with E-state index in [1.54, 1.807) is 0 Å². The summed E-state index contributed by atoms with van der Waals surface area (Å²) >= 11 is 0. The van der Waals surface area contributed by atoms with Crippen molar-refractivity contribution in [3.05, 3.63) is 0 Å². The van der Waals surface area contributed by atoms with Gasteiger partial charge < -0.3 is 32.4 Å². The van der Waals surface area contributed by atoms with E-state index in [4.69, 9.17) is 22.3 Å². The van der Waals surface area contributed by atoms with Gasteiger partial charge in [-0.2, -0.15) is 0 Å². The zero-order chi connectivity index (χ0) is 16.3. The third kappa shape index (κ3) is 9.63. The molecule has 0 amide bonds. The zero-order valence-electron chi connectivity index (χ0n) is 12.2. The summed E-state index contributed by atoms with van der Waals surface area (Å²) in [6, 6.07) is -0.853. The van der Waals surface area contributed by atoms with Crippen LogP contribution in [0.4, 0.5) is 0 Å². The predicted octanol–water partition coefficient (Wildman–Crippen LogP) is -1.64. The molecule has 1 aliphatic rings. The van der Waals surface area contributed by atoms with Gasteiger partial charge in [0, 0.05) is 6.54 Å². The van der Waals surface area contributed by atoms with Crippen LogP contribution in [0.1, 0.15) is 25.7 Å². The number of carboxylic acids is 1. The first-order valence-electron chi connectivity index (χ1n) is 6.73. The van der Waals surface area contributed by atoms with Gasteiger partial charge in [0.05, 0.1) is 7.11 Å². The number of aliphatic imine (C=N–C) groups is 1. The molecule has 1 heterocycles. The maximum atomic E-state index is 10.8. The molecule has 8 N–H and O–H groups in total. The van der Waals surface area contributed by atoms with Crippen LogP contribution in [0.25, 0.3) is 0 Å². The van der Waals surface area contributed by atoms with Crippen molar-refractivity contribution in [3.8, 4) is 0 Å². The van der Waals surface area contributed by atoms with E-state index in [0.29, 0.717) is 19.4 Å². The quantitative estimate of drug-likeness (QED) is 0.169. The molecule has 1 unspecified atom stereocenters. The molecular formula is C12H25N5O4. The summed E-state index contributed by atoms with van der Waals surface area (Å²) in [5, 5.41) is 11.2. The standard InChI is InChI=1S/C7H16N4O2.C5H9NO2/c1-13-6(12)5(8)3-2-4-11-7(9)10;7-5(8)4-2-1-3-6-4/h5H,2-4,8H2,1H3,(H4,9,10,11);4,6H,1-3H2,(H,7,8)/t;4-/m.0/s1. The number of guanidine groups is 1. The Morgan fingerprint density at radius 2 is 2.14 bits per heavy atom. The number of rotatable bonds is 6. The van der Waals surface area contributed by atoms with Gasteiger partial charge in [-0.25, -0.2) is 0 Å². The fourth-order valence-electron chi connectivity index (χ4n) is 1.68. The van der Waals surface area contributed by atoms with Crippen LogP contribution in [-0.4, -0.2) is 55.3 Å². The lowest BCUT2D eigenvalue weighted by molar-refractivity contribution is -0.142. The lowest BCUT2D eigenvalue weighted by Crippen LogP contribution is -2.31. The maximum Gasteiger partial charge on any atom is 0.322 e. The highest BCUT2D eigenvalue weighted by atomic mass is 16.5. The summed E-state index contributed by atoms with van der Waals surface area (Å²) in [6.07, 6.45) is 2.96. The van der Waals surface area contributed by atoms with Crippen LogP contribution in [0.2, 0.25) is 0 Å². The van der Waals surface area contributed by atoms with E-state index >= 15 is 0 Å². The minimum Gasteiger partial charge on any atom is -0.480 e. The number of esters is 1. The van der Waals surface area contributed by atoms with E-state index in [2.05, 4.69) is 15.0 Å². The summed E-state index contributed by atoms with van der Waals surface area (Å²) in [7, 11) is 1.30. The van der Waals surface area contributed by atoms with Crippen molar-refractivity contribution in [2.24, 2.45) is 22.2 Å². The summed E-state index contributed by atoms with van der Waals surface area (Å²) < 4.78 is 4.44. The van der Waals surface area contributed by atoms with E-state index in [9.17, 15) is 9.59 Å². The lowest BCUT2D eigenvalue weighted by Gasteiger charge is -2.07. The number of carbonyl (C=O) groups excluding carboxylic acids is 1. The highest BCUT2D eigenvalue weighted by Crippen LogP contribution is 2.03. The Labute approximate surface area is 123 Å². The third-order valence-electron chi connectivity index (χ3n) is 2.83. The van der Waals surface area contributed by atoms with Gasteiger partial charge in [-0.15, -0.1) is 0 Å². The number of nitrogens with zero attached hydrogens (tertiary/aromatic N) is 1. The molecule has 0 radical (unpaired) electrons. The van der Waals surface area contributed by atoms with Crippen molar-refractivity contribution in [2.75, 3.05) is 20.2 Å². The first-order valence-corrected chi connectivity index (χ1v) is 6.73. The van der Waals surface area contributed by atoms with Gasteiger partial charge in [0.15, 0.2) is 5.96 Å². The fourth-order valence-corrected chi connectivity index (χ4v) is 1.68. The Morgan fingerprint density at radius 3 is 2.52 bits per heavy atom. The second-order valence-electron chi connectivity index (χ2n) is 4.57. The Morgan fingerprint density at radius 1 is 1.48 bits per heavy atom. The Balaban J connectivity index is 0.000000423. The summed E-state index contributed by atoms with van der Waals surface area (Å²) in [5.41, 5.74) is 15.7. The second-order valence-corrected chi connectivity index (χ2v) is 4.57. The summed E-state index contributed by atoms with van der Waals surface area (Å²) in [4.78, 5) is 24.7. The molecule has 2 atom stereocenters. The van der Waals surface area contributed by atoms with Gasteiger partial charge >= 0.3 is 11.9 Å². The van der Waals surface area contributed by atoms with Gasteiger partial charge in [-0.1, -0.05) is 0 Å². The molecule has 0 bridgehead atoms. The number of carbonyl (C=O) groups is 2. The van der Waals surface area contributed by atoms with Crippen molar-refractivity contribution in [1.82, 2.24) is 5.32 Å². The van der Waals surface area contributed by atoms with Crippen molar-refractivity contribution < 1.29 is 19.4 Å². The van der Waals surface area contributed by atoms with Crippen LogP contribution >= 0.6 is 0 Å². The Bertz CT molecular complexity index is 352. The number of nitrogens with one attached hydrogen (secondary N) is 1. The molecule has 0 aromatic carbocycles. The van der Waals surface area contributed by atoms with Gasteiger partial charge in [-0.3, -0.25) is 14.6 Å². The topological polar surface area (TPSA) is 166 Å². The number of hydrogen-bond donors (Lipinski definition) is 5. The number of carboxylic acid groups (broad SMARTS) is 1. The van der Waals surface area contributed by atoms with E-state index in [-0.39, 0.29) is 12.0 Å². The number of aliphatic carboxylic acids is 1. The van der Waals surface area contributed by atoms with Gasteiger partial charge in [-0.05, 0) is 32.2 Å². The fraction of sp³-hybridized carbons (Fsp3) is 0.750. The van der Waals surface area contributed by atoms with Crippen LogP contribution in [0, 0.1) is 0 Å².